The Kier molecular flexibility index (Phi) is 4.69. The fourth-order valence-electron chi connectivity index (χ4n) is 2.02. The van der Waals surface area contributed by atoms with E-state index in [0.29, 0.717) is 21.1 Å². The molecule has 0 radical (unpaired) electrons. The van der Waals surface area contributed by atoms with Crippen molar-refractivity contribution in [3.63, 3.8) is 0 Å². The Morgan fingerprint density at radius 1 is 1.56 bits per heavy atom. The third-order valence-corrected chi connectivity index (χ3v) is 3.87. The van der Waals surface area contributed by atoms with E-state index in [-0.39, 0.29) is 11.8 Å². The maximum atomic E-state index is 12.1. The maximum Gasteiger partial charge on any atom is 0.228 e. The average Bonchev–Trinajstić information content (AvgIpc) is 2.32. The number of carbonyl (C=O) groups is 1. The third kappa shape index (κ3) is 3.49. The van der Waals surface area contributed by atoms with E-state index >= 15 is 0 Å². The predicted octanol–water partition coefficient (Wildman–Crippen LogP) is 2.33. The second-order valence-corrected chi connectivity index (χ2v) is 5.96. The number of rotatable bonds is 2. The largest absolute Gasteiger partial charge is 0.314 e. The second-order valence-electron chi connectivity index (χ2n) is 4.40. The molecule has 5 nitrogen and oxygen atoms in total. The number of nitrogens with one attached hydrogen (secondary N) is 2. The van der Waals surface area contributed by atoms with Crippen LogP contribution in [0.5, 0.6) is 0 Å². The fourth-order valence-corrected chi connectivity index (χ4v) is 2.93. The van der Waals surface area contributed by atoms with Crippen LogP contribution in [0, 0.1) is 5.92 Å². The maximum absolute atomic E-state index is 12.1. The number of anilines is 1. The van der Waals surface area contributed by atoms with E-state index in [1.807, 2.05) is 0 Å². The molecule has 18 heavy (non-hydrogen) atoms. The summed E-state index contributed by atoms with van der Waals surface area (Å²) in [5.41, 5.74) is 0. The van der Waals surface area contributed by atoms with Gasteiger partial charge in [-0.3, -0.25) is 4.79 Å². The highest BCUT2D eigenvalue weighted by Gasteiger charge is 2.25. The van der Waals surface area contributed by atoms with Crippen LogP contribution in [0.15, 0.2) is 15.4 Å². The van der Waals surface area contributed by atoms with Gasteiger partial charge in [-0.2, -0.15) is 0 Å². The molecule has 0 saturated carbocycles. The molecular formula is C11H14Br2N4O. The summed E-state index contributed by atoms with van der Waals surface area (Å²) in [7, 11) is 0. The van der Waals surface area contributed by atoms with E-state index in [2.05, 4.69) is 59.4 Å². The lowest BCUT2D eigenvalue weighted by Gasteiger charge is -2.26. The summed E-state index contributed by atoms with van der Waals surface area (Å²) >= 11 is 6.50. The Morgan fingerprint density at radius 3 is 3.00 bits per heavy atom. The van der Waals surface area contributed by atoms with Gasteiger partial charge < -0.3 is 10.6 Å². The summed E-state index contributed by atoms with van der Waals surface area (Å²) in [6.07, 6.45) is 3.27. The van der Waals surface area contributed by atoms with Crippen molar-refractivity contribution < 1.29 is 4.79 Å². The monoisotopic (exact) mass is 376 g/mol. The van der Waals surface area contributed by atoms with Crippen LogP contribution < -0.4 is 10.6 Å². The number of hydrogen-bond donors (Lipinski definition) is 2. The van der Waals surface area contributed by atoms with Gasteiger partial charge in [0.15, 0.2) is 5.82 Å². The van der Waals surface area contributed by atoms with Crippen molar-refractivity contribution in [2.45, 2.75) is 25.8 Å². The Morgan fingerprint density at radius 2 is 2.33 bits per heavy atom. The van der Waals surface area contributed by atoms with Crippen molar-refractivity contribution in [3.05, 3.63) is 15.4 Å². The number of aromatic nitrogens is 2. The van der Waals surface area contributed by atoms with Crippen molar-refractivity contribution in [1.29, 1.82) is 0 Å². The molecule has 1 aliphatic heterocycles. The Labute approximate surface area is 122 Å². The number of halogens is 2. The highest BCUT2D eigenvalue weighted by Crippen LogP contribution is 2.22. The van der Waals surface area contributed by atoms with Gasteiger partial charge in [0, 0.05) is 12.0 Å². The number of hydrogen-bond acceptors (Lipinski definition) is 4. The number of amides is 1. The smallest absolute Gasteiger partial charge is 0.228 e. The molecule has 7 heteroatoms. The first-order valence-corrected chi connectivity index (χ1v) is 7.37. The fraction of sp³-hybridized carbons (Fsp3) is 0.545. The molecule has 1 fully saturated rings. The first-order chi connectivity index (χ1) is 8.56. The molecule has 0 spiro atoms. The van der Waals surface area contributed by atoms with Crippen LogP contribution >= 0.6 is 31.9 Å². The van der Waals surface area contributed by atoms with E-state index in [9.17, 15) is 4.79 Å². The zero-order chi connectivity index (χ0) is 13.1. The molecule has 1 saturated heterocycles. The van der Waals surface area contributed by atoms with Crippen LogP contribution in [0.1, 0.15) is 19.8 Å². The van der Waals surface area contributed by atoms with Crippen LogP contribution in [0.2, 0.25) is 0 Å². The van der Waals surface area contributed by atoms with E-state index in [0.717, 1.165) is 19.4 Å². The lowest BCUT2D eigenvalue weighted by molar-refractivity contribution is -0.120. The zero-order valence-electron chi connectivity index (χ0n) is 9.91. The molecule has 2 atom stereocenters. The van der Waals surface area contributed by atoms with E-state index in [4.69, 9.17) is 0 Å². The summed E-state index contributed by atoms with van der Waals surface area (Å²) in [5, 5.41) is 6.15. The molecule has 0 aliphatic carbocycles. The van der Waals surface area contributed by atoms with Crippen molar-refractivity contribution >= 4 is 43.6 Å². The van der Waals surface area contributed by atoms with Crippen molar-refractivity contribution in [3.8, 4) is 0 Å². The van der Waals surface area contributed by atoms with Crippen molar-refractivity contribution in [2.24, 2.45) is 5.92 Å². The highest BCUT2D eigenvalue weighted by molar-refractivity contribution is 9.11. The third-order valence-electron chi connectivity index (χ3n) is 2.94. The summed E-state index contributed by atoms with van der Waals surface area (Å²) in [4.78, 5) is 20.4. The molecule has 2 unspecified atom stereocenters. The van der Waals surface area contributed by atoms with Gasteiger partial charge in [-0.15, -0.1) is 0 Å². The van der Waals surface area contributed by atoms with E-state index < -0.39 is 0 Å². The molecule has 1 aromatic heterocycles. The SMILES string of the molecule is CC1CC(C(=O)Nc2ncc(Br)nc2Br)CCN1. The normalized spacial score (nSPS) is 23.7. The molecule has 1 aromatic rings. The van der Waals surface area contributed by atoms with Gasteiger partial charge in [-0.05, 0) is 58.2 Å². The number of nitrogens with zero attached hydrogens (tertiary/aromatic N) is 2. The van der Waals surface area contributed by atoms with Gasteiger partial charge >= 0.3 is 0 Å². The minimum absolute atomic E-state index is 0.0145. The quantitative estimate of drug-likeness (QED) is 0.829. The Hall–Kier alpha value is -0.530. The number of carbonyl (C=O) groups excluding carboxylic acids is 1. The van der Waals surface area contributed by atoms with E-state index in [1.165, 1.54) is 0 Å². The van der Waals surface area contributed by atoms with Crippen molar-refractivity contribution in [2.75, 3.05) is 11.9 Å². The zero-order valence-corrected chi connectivity index (χ0v) is 13.1. The van der Waals surface area contributed by atoms with Gasteiger partial charge in [0.25, 0.3) is 0 Å². The Balaban J connectivity index is 2.02. The molecule has 2 N–H and O–H groups in total. The van der Waals surface area contributed by atoms with Gasteiger partial charge in [0.05, 0.1) is 6.20 Å². The lowest BCUT2D eigenvalue weighted by atomic mass is 9.92. The summed E-state index contributed by atoms with van der Waals surface area (Å²) in [6.45, 7) is 2.97. The van der Waals surface area contributed by atoms with Gasteiger partial charge in [0.2, 0.25) is 5.91 Å². The number of piperidine rings is 1. The van der Waals surface area contributed by atoms with Crippen LogP contribution in [0.4, 0.5) is 5.82 Å². The molecule has 1 amide bonds. The molecule has 0 bridgehead atoms. The van der Waals surface area contributed by atoms with Crippen LogP contribution in [-0.4, -0.2) is 28.5 Å². The van der Waals surface area contributed by atoms with Gasteiger partial charge in [-0.1, -0.05) is 0 Å². The lowest BCUT2D eigenvalue weighted by Crippen LogP contribution is -2.40. The van der Waals surface area contributed by atoms with Crippen molar-refractivity contribution in [1.82, 2.24) is 15.3 Å². The van der Waals surface area contributed by atoms with Gasteiger partial charge in [0.1, 0.15) is 9.21 Å². The minimum atomic E-state index is 0.0145. The molecule has 1 aliphatic rings. The van der Waals surface area contributed by atoms with Crippen LogP contribution in [-0.2, 0) is 4.79 Å². The van der Waals surface area contributed by atoms with E-state index in [1.54, 1.807) is 6.20 Å². The minimum Gasteiger partial charge on any atom is -0.314 e. The topological polar surface area (TPSA) is 66.9 Å². The first-order valence-electron chi connectivity index (χ1n) is 5.78. The summed E-state index contributed by atoms with van der Waals surface area (Å²) in [5.74, 6) is 0.522. The average molecular weight is 378 g/mol. The molecule has 2 rings (SSSR count). The standard InChI is InChI=1S/C11H14Br2N4O/c1-6-4-7(2-3-14-6)11(18)17-10-9(13)16-8(12)5-15-10/h5-7,14H,2-4H2,1H3,(H,15,17,18). The summed E-state index contributed by atoms with van der Waals surface area (Å²) in [6, 6.07) is 0.383. The van der Waals surface area contributed by atoms with Crippen LogP contribution in [0.25, 0.3) is 0 Å². The molecular weight excluding hydrogens is 364 g/mol. The molecule has 2 heterocycles. The summed E-state index contributed by atoms with van der Waals surface area (Å²) < 4.78 is 1.16. The van der Waals surface area contributed by atoms with Gasteiger partial charge in [-0.25, -0.2) is 9.97 Å². The Bertz CT molecular complexity index is 455. The second kappa shape index (κ2) is 6.08. The highest BCUT2D eigenvalue weighted by atomic mass is 79.9. The predicted molar refractivity (Wildman–Crippen MR) is 76.3 cm³/mol. The molecule has 0 aromatic carbocycles. The first kappa shape index (κ1) is 13.9. The van der Waals surface area contributed by atoms with Crippen LogP contribution in [0.3, 0.4) is 0 Å². The molecule has 98 valence electrons.